The first kappa shape index (κ1) is 14.2. The Morgan fingerprint density at radius 2 is 2.07 bits per heavy atom. The number of amides is 1. The van der Waals surface area contributed by atoms with Crippen molar-refractivity contribution in [3.8, 4) is 0 Å². The van der Waals surface area contributed by atoms with E-state index in [2.05, 4.69) is 24.1 Å². The first-order chi connectivity index (χ1) is 7.10. The van der Waals surface area contributed by atoms with Crippen LogP contribution in [0.5, 0.6) is 0 Å². The molecule has 0 aliphatic rings. The van der Waals surface area contributed by atoms with Crippen molar-refractivity contribution >= 4 is 5.91 Å². The van der Waals surface area contributed by atoms with Crippen molar-refractivity contribution in [1.29, 1.82) is 0 Å². The molecule has 0 rings (SSSR count). The normalized spacial score (nSPS) is 14.3. The Labute approximate surface area is 93.3 Å². The van der Waals surface area contributed by atoms with Gasteiger partial charge in [-0.05, 0) is 26.7 Å². The van der Waals surface area contributed by atoms with Crippen LogP contribution in [-0.4, -0.2) is 24.5 Å². The van der Waals surface area contributed by atoms with Crippen molar-refractivity contribution in [2.24, 2.45) is 0 Å². The number of carbonyl (C=O) groups excluding carboxylic acids is 1. The number of carbonyl (C=O) groups is 1. The van der Waals surface area contributed by atoms with Crippen LogP contribution in [0.3, 0.4) is 0 Å². The third-order valence-electron chi connectivity index (χ3n) is 2.26. The van der Waals surface area contributed by atoms with Gasteiger partial charge < -0.3 is 10.6 Å². The molecule has 2 atom stereocenters. The Kier molecular flexibility index (Phi) is 8.01. The molecule has 15 heavy (non-hydrogen) atoms. The lowest BCUT2D eigenvalue weighted by atomic mass is 10.2. The van der Waals surface area contributed by atoms with E-state index in [1.165, 1.54) is 0 Å². The van der Waals surface area contributed by atoms with Crippen molar-refractivity contribution in [1.82, 2.24) is 10.6 Å². The fourth-order valence-corrected chi connectivity index (χ4v) is 1.43. The summed E-state index contributed by atoms with van der Waals surface area (Å²) in [5, 5.41) is 6.10. The molecule has 88 valence electrons. The van der Waals surface area contributed by atoms with Crippen LogP contribution < -0.4 is 10.6 Å². The van der Waals surface area contributed by atoms with Gasteiger partial charge in [0.25, 0.3) is 0 Å². The van der Waals surface area contributed by atoms with Crippen LogP contribution in [0.15, 0.2) is 12.7 Å². The number of rotatable bonds is 8. The molecule has 0 spiro atoms. The zero-order valence-electron chi connectivity index (χ0n) is 10.2. The largest absolute Gasteiger partial charge is 0.353 e. The SMILES string of the molecule is C=CCC(C)NCC(=O)NC(C)CCC. The highest BCUT2D eigenvalue weighted by molar-refractivity contribution is 5.78. The maximum absolute atomic E-state index is 11.4. The predicted octanol–water partition coefficient (Wildman–Crippen LogP) is 1.85. The molecular weight excluding hydrogens is 188 g/mol. The Hall–Kier alpha value is -0.830. The van der Waals surface area contributed by atoms with Crippen molar-refractivity contribution < 1.29 is 4.79 Å². The second kappa shape index (κ2) is 8.48. The molecule has 0 radical (unpaired) electrons. The van der Waals surface area contributed by atoms with E-state index in [1.807, 2.05) is 19.9 Å². The smallest absolute Gasteiger partial charge is 0.234 e. The fraction of sp³-hybridized carbons (Fsp3) is 0.750. The van der Waals surface area contributed by atoms with Gasteiger partial charge in [0.05, 0.1) is 6.54 Å². The summed E-state index contributed by atoms with van der Waals surface area (Å²) in [5.74, 6) is 0.0758. The average Bonchev–Trinajstić information content (AvgIpc) is 2.15. The zero-order valence-corrected chi connectivity index (χ0v) is 10.2. The van der Waals surface area contributed by atoms with E-state index in [1.54, 1.807) is 0 Å². The van der Waals surface area contributed by atoms with Crippen LogP contribution in [-0.2, 0) is 4.79 Å². The summed E-state index contributed by atoms with van der Waals surface area (Å²) in [7, 11) is 0. The summed E-state index contributed by atoms with van der Waals surface area (Å²) in [6.07, 6.45) is 4.88. The molecule has 2 N–H and O–H groups in total. The fourth-order valence-electron chi connectivity index (χ4n) is 1.43. The highest BCUT2D eigenvalue weighted by Gasteiger charge is 2.07. The molecule has 0 saturated heterocycles. The molecule has 0 aromatic rings. The van der Waals surface area contributed by atoms with E-state index in [0.29, 0.717) is 12.6 Å². The van der Waals surface area contributed by atoms with Crippen LogP contribution in [0.4, 0.5) is 0 Å². The van der Waals surface area contributed by atoms with Gasteiger partial charge in [-0.2, -0.15) is 0 Å². The summed E-state index contributed by atoms with van der Waals surface area (Å²) in [6.45, 7) is 10.3. The van der Waals surface area contributed by atoms with Crippen molar-refractivity contribution in [2.75, 3.05) is 6.54 Å². The van der Waals surface area contributed by atoms with Gasteiger partial charge in [0.1, 0.15) is 0 Å². The summed E-state index contributed by atoms with van der Waals surface area (Å²) in [4.78, 5) is 11.4. The number of nitrogens with one attached hydrogen (secondary N) is 2. The Morgan fingerprint density at radius 3 is 2.60 bits per heavy atom. The highest BCUT2D eigenvalue weighted by atomic mass is 16.1. The Morgan fingerprint density at radius 1 is 1.40 bits per heavy atom. The predicted molar refractivity (Wildman–Crippen MR) is 64.8 cm³/mol. The third kappa shape index (κ3) is 8.18. The molecule has 0 heterocycles. The van der Waals surface area contributed by atoms with E-state index in [9.17, 15) is 4.79 Å². The molecule has 1 amide bonds. The van der Waals surface area contributed by atoms with E-state index in [4.69, 9.17) is 0 Å². The van der Waals surface area contributed by atoms with Crippen molar-refractivity contribution in [2.45, 2.75) is 52.1 Å². The first-order valence-electron chi connectivity index (χ1n) is 5.73. The molecule has 3 nitrogen and oxygen atoms in total. The summed E-state index contributed by atoms with van der Waals surface area (Å²) in [5.41, 5.74) is 0. The van der Waals surface area contributed by atoms with Crippen LogP contribution in [0.1, 0.15) is 40.0 Å². The van der Waals surface area contributed by atoms with Crippen molar-refractivity contribution in [3.05, 3.63) is 12.7 Å². The molecule has 0 saturated carbocycles. The third-order valence-corrected chi connectivity index (χ3v) is 2.26. The highest BCUT2D eigenvalue weighted by Crippen LogP contribution is 1.94. The molecule has 0 fully saturated rings. The maximum Gasteiger partial charge on any atom is 0.234 e. The van der Waals surface area contributed by atoms with Gasteiger partial charge >= 0.3 is 0 Å². The summed E-state index contributed by atoms with van der Waals surface area (Å²) < 4.78 is 0. The number of hydrogen-bond donors (Lipinski definition) is 2. The van der Waals surface area contributed by atoms with E-state index >= 15 is 0 Å². The van der Waals surface area contributed by atoms with E-state index in [-0.39, 0.29) is 11.9 Å². The van der Waals surface area contributed by atoms with E-state index in [0.717, 1.165) is 19.3 Å². The molecular formula is C12H24N2O. The van der Waals surface area contributed by atoms with Crippen LogP contribution >= 0.6 is 0 Å². The zero-order chi connectivity index (χ0) is 11.7. The average molecular weight is 212 g/mol. The quantitative estimate of drug-likeness (QED) is 0.603. The summed E-state index contributed by atoms with van der Waals surface area (Å²) in [6, 6.07) is 0.591. The molecule has 0 bridgehead atoms. The lowest BCUT2D eigenvalue weighted by Gasteiger charge is -2.15. The van der Waals surface area contributed by atoms with Crippen LogP contribution in [0.25, 0.3) is 0 Å². The Bertz CT molecular complexity index is 192. The molecule has 0 aromatic heterocycles. The lowest BCUT2D eigenvalue weighted by Crippen LogP contribution is -2.41. The minimum Gasteiger partial charge on any atom is -0.353 e. The van der Waals surface area contributed by atoms with Gasteiger partial charge in [0, 0.05) is 12.1 Å². The second-order valence-corrected chi connectivity index (χ2v) is 4.06. The molecule has 3 heteroatoms. The first-order valence-corrected chi connectivity index (χ1v) is 5.73. The number of hydrogen-bond acceptors (Lipinski definition) is 2. The minimum absolute atomic E-state index is 0.0758. The molecule has 0 aliphatic carbocycles. The van der Waals surface area contributed by atoms with Crippen molar-refractivity contribution in [3.63, 3.8) is 0 Å². The Balaban J connectivity index is 3.60. The standard InChI is InChI=1S/C12H24N2O/c1-5-7-10(3)13-9-12(15)14-11(4)8-6-2/h5,10-11,13H,1,6-9H2,2-4H3,(H,14,15). The monoisotopic (exact) mass is 212 g/mol. The van der Waals surface area contributed by atoms with Crippen LogP contribution in [0.2, 0.25) is 0 Å². The summed E-state index contributed by atoms with van der Waals surface area (Å²) >= 11 is 0. The van der Waals surface area contributed by atoms with Gasteiger partial charge in [0.15, 0.2) is 0 Å². The second-order valence-electron chi connectivity index (χ2n) is 4.06. The maximum atomic E-state index is 11.4. The minimum atomic E-state index is 0.0758. The van der Waals surface area contributed by atoms with Gasteiger partial charge in [-0.1, -0.05) is 19.4 Å². The topological polar surface area (TPSA) is 41.1 Å². The van der Waals surface area contributed by atoms with Gasteiger partial charge in [-0.25, -0.2) is 0 Å². The van der Waals surface area contributed by atoms with Crippen LogP contribution in [0, 0.1) is 0 Å². The lowest BCUT2D eigenvalue weighted by molar-refractivity contribution is -0.121. The molecule has 0 aliphatic heterocycles. The van der Waals surface area contributed by atoms with Gasteiger partial charge in [0.2, 0.25) is 5.91 Å². The van der Waals surface area contributed by atoms with Gasteiger partial charge in [-0.15, -0.1) is 6.58 Å². The molecule has 0 aromatic carbocycles. The molecule has 2 unspecified atom stereocenters. The van der Waals surface area contributed by atoms with E-state index < -0.39 is 0 Å². The van der Waals surface area contributed by atoms with Gasteiger partial charge in [-0.3, -0.25) is 4.79 Å².